The second kappa shape index (κ2) is 6.89. The van der Waals surface area contributed by atoms with Gasteiger partial charge in [0.15, 0.2) is 0 Å². The van der Waals surface area contributed by atoms with Crippen molar-refractivity contribution in [2.45, 2.75) is 6.10 Å². The number of aliphatic hydroxyl groups is 1. The molecule has 1 atom stereocenters. The van der Waals surface area contributed by atoms with E-state index in [0.717, 1.165) is 15.6 Å². The molecule has 1 heterocycles. The maximum atomic E-state index is 12.1. The molecule has 0 aliphatic rings. The van der Waals surface area contributed by atoms with E-state index < -0.39 is 6.10 Å². The lowest BCUT2D eigenvalue weighted by molar-refractivity contribution is 0.0917. The Kier molecular flexibility index (Phi) is 4.87. The number of rotatable bonds is 4. The van der Waals surface area contributed by atoms with Gasteiger partial charge in [-0.15, -0.1) is 11.3 Å². The van der Waals surface area contributed by atoms with E-state index in [2.05, 4.69) is 5.32 Å². The fourth-order valence-electron chi connectivity index (χ4n) is 2.30. The fraction of sp³-hybridized carbons (Fsp3) is 0.118. The number of amides is 1. The van der Waals surface area contributed by atoms with Crippen LogP contribution in [0.15, 0.2) is 47.8 Å². The number of carbonyl (C=O) groups is 1. The van der Waals surface area contributed by atoms with Gasteiger partial charge in [0.25, 0.3) is 5.91 Å². The minimum Gasteiger partial charge on any atom is -0.387 e. The van der Waals surface area contributed by atoms with Crippen molar-refractivity contribution in [1.29, 1.82) is 0 Å². The number of hydrogen-bond donors (Lipinski definition) is 2. The second-order valence-electron chi connectivity index (χ2n) is 5.04. The van der Waals surface area contributed by atoms with Crippen molar-refractivity contribution in [3.63, 3.8) is 0 Å². The highest BCUT2D eigenvalue weighted by atomic mass is 35.5. The van der Waals surface area contributed by atoms with Gasteiger partial charge < -0.3 is 10.4 Å². The molecule has 2 N–H and O–H groups in total. The third kappa shape index (κ3) is 3.51. The molecule has 23 heavy (non-hydrogen) atoms. The Hall–Kier alpha value is -1.59. The van der Waals surface area contributed by atoms with Crippen LogP contribution in [-0.2, 0) is 0 Å². The van der Waals surface area contributed by atoms with Crippen LogP contribution >= 0.6 is 34.5 Å². The summed E-state index contributed by atoms with van der Waals surface area (Å²) in [6.45, 7) is 0.125. The number of nitrogens with one attached hydrogen (secondary N) is 1. The van der Waals surface area contributed by atoms with E-state index in [4.69, 9.17) is 23.2 Å². The van der Waals surface area contributed by atoms with E-state index in [9.17, 15) is 9.90 Å². The largest absolute Gasteiger partial charge is 0.387 e. The standard InChI is InChI=1S/C17H13Cl2NO2S/c18-13-6-5-10(7-14(13)19)17(22)20-8-15(21)12-9-23-16-4-2-1-3-11(12)16/h1-7,9,15,21H,8H2,(H,20,22)/t15-/m1/s1. The van der Waals surface area contributed by atoms with Gasteiger partial charge in [-0.2, -0.15) is 0 Å². The summed E-state index contributed by atoms with van der Waals surface area (Å²) >= 11 is 13.3. The molecule has 3 rings (SSSR count). The van der Waals surface area contributed by atoms with Gasteiger partial charge in [-0.25, -0.2) is 0 Å². The molecule has 0 radical (unpaired) electrons. The Morgan fingerprint density at radius 2 is 1.96 bits per heavy atom. The van der Waals surface area contributed by atoms with E-state index in [-0.39, 0.29) is 12.5 Å². The zero-order chi connectivity index (χ0) is 16.4. The molecule has 118 valence electrons. The van der Waals surface area contributed by atoms with E-state index in [0.29, 0.717) is 15.6 Å². The molecule has 6 heteroatoms. The van der Waals surface area contributed by atoms with E-state index in [1.165, 1.54) is 6.07 Å². The smallest absolute Gasteiger partial charge is 0.251 e. The first-order valence-corrected chi connectivity index (χ1v) is 8.57. The van der Waals surface area contributed by atoms with Crippen LogP contribution in [0.4, 0.5) is 0 Å². The summed E-state index contributed by atoms with van der Waals surface area (Å²) in [7, 11) is 0. The summed E-state index contributed by atoms with van der Waals surface area (Å²) in [4.78, 5) is 12.1. The van der Waals surface area contributed by atoms with Gasteiger partial charge in [-0.3, -0.25) is 4.79 Å². The van der Waals surface area contributed by atoms with E-state index in [1.54, 1.807) is 23.5 Å². The molecular formula is C17H13Cl2NO2S. The fourth-order valence-corrected chi connectivity index (χ4v) is 3.60. The van der Waals surface area contributed by atoms with Crippen LogP contribution in [0.3, 0.4) is 0 Å². The molecule has 2 aromatic carbocycles. The minimum absolute atomic E-state index is 0.125. The lowest BCUT2D eigenvalue weighted by Gasteiger charge is -2.12. The van der Waals surface area contributed by atoms with Gasteiger partial charge in [-0.1, -0.05) is 41.4 Å². The predicted octanol–water partition coefficient (Wildman–Crippen LogP) is 4.67. The van der Waals surface area contributed by atoms with Gasteiger partial charge in [0.05, 0.1) is 16.1 Å². The lowest BCUT2D eigenvalue weighted by atomic mass is 10.1. The average molecular weight is 366 g/mol. The molecule has 1 aromatic heterocycles. The number of benzene rings is 2. The summed E-state index contributed by atoms with van der Waals surface area (Å²) in [6, 6.07) is 12.5. The molecule has 1 amide bonds. The summed E-state index contributed by atoms with van der Waals surface area (Å²) in [5, 5.41) is 16.7. The highest BCUT2D eigenvalue weighted by Crippen LogP contribution is 2.30. The van der Waals surface area contributed by atoms with Crippen LogP contribution in [0, 0.1) is 0 Å². The number of halogens is 2. The average Bonchev–Trinajstić information content (AvgIpc) is 2.99. The van der Waals surface area contributed by atoms with Crippen LogP contribution in [0.2, 0.25) is 10.0 Å². The molecule has 0 saturated carbocycles. The molecule has 0 saturated heterocycles. The molecule has 0 fully saturated rings. The maximum Gasteiger partial charge on any atom is 0.251 e. The van der Waals surface area contributed by atoms with Crippen molar-refractivity contribution < 1.29 is 9.90 Å². The quantitative estimate of drug-likeness (QED) is 0.705. The van der Waals surface area contributed by atoms with Gasteiger partial charge >= 0.3 is 0 Å². The zero-order valence-electron chi connectivity index (χ0n) is 11.9. The van der Waals surface area contributed by atoms with Crippen molar-refractivity contribution >= 4 is 50.5 Å². The van der Waals surface area contributed by atoms with E-state index in [1.807, 2.05) is 29.6 Å². The van der Waals surface area contributed by atoms with Crippen molar-refractivity contribution in [1.82, 2.24) is 5.32 Å². The molecular weight excluding hydrogens is 353 g/mol. The third-order valence-corrected chi connectivity index (χ3v) is 5.23. The monoisotopic (exact) mass is 365 g/mol. The van der Waals surface area contributed by atoms with Gasteiger partial charge in [0.1, 0.15) is 0 Å². The number of hydrogen-bond acceptors (Lipinski definition) is 3. The summed E-state index contributed by atoms with van der Waals surface area (Å²) < 4.78 is 1.11. The van der Waals surface area contributed by atoms with Crippen molar-refractivity contribution in [3.05, 3.63) is 69.0 Å². The number of fused-ring (bicyclic) bond motifs is 1. The molecule has 3 aromatic rings. The first-order valence-electron chi connectivity index (χ1n) is 6.93. The zero-order valence-corrected chi connectivity index (χ0v) is 14.3. The Balaban J connectivity index is 1.70. The van der Waals surface area contributed by atoms with Crippen LogP contribution in [-0.4, -0.2) is 17.6 Å². The first kappa shape index (κ1) is 16.3. The number of thiophene rings is 1. The van der Waals surface area contributed by atoms with Crippen molar-refractivity contribution in [2.24, 2.45) is 0 Å². The molecule has 0 spiro atoms. The van der Waals surface area contributed by atoms with E-state index >= 15 is 0 Å². The van der Waals surface area contributed by atoms with Crippen LogP contribution in [0.1, 0.15) is 22.0 Å². The van der Waals surface area contributed by atoms with Crippen molar-refractivity contribution in [2.75, 3.05) is 6.54 Å². The molecule has 0 aliphatic heterocycles. The van der Waals surface area contributed by atoms with Gasteiger partial charge in [0, 0.05) is 22.4 Å². The Morgan fingerprint density at radius 1 is 1.17 bits per heavy atom. The maximum absolute atomic E-state index is 12.1. The molecule has 0 unspecified atom stereocenters. The highest BCUT2D eigenvalue weighted by Gasteiger charge is 2.15. The third-order valence-electron chi connectivity index (χ3n) is 3.51. The predicted molar refractivity (Wildman–Crippen MR) is 95.6 cm³/mol. The first-order chi connectivity index (χ1) is 11.1. The Labute approximate surface area is 147 Å². The van der Waals surface area contributed by atoms with Crippen molar-refractivity contribution in [3.8, 4) is 0 Å². The highest BCUT2D eigenvalue weighted by molar-refractivity contribution is 7.17. The van der Waals surface area contributed by atoms with Gasteiger partial charge in [-0.05, 0) is 35.0 Å². The number of aliphatic hydroxyl groups excluding tert-OH is 1. The minimum atomic E-state index is -0.766. The Bertz CT molecular complexity index is 863. The SMILES string of the molecule is O=C(NC[C@@H](O)c1csc2ccccc12)c1ccc(Cl)c(Cl)c1. The summed E-state index contributed by atoms with van der Waals surface area (Å²) in [5.41, 5.74) is 1.22. The van der Waals surface area contributed by atoms with Crippen LogP contribution < -0.4 is 5.32 Å². The summed E-state index contributed by atoms with van der Waals surface area (Å²) in [6.07, 6.45) is -0.766. The number of carbonyl (C=O) groups excluding carboxylic acids is 1. The molecule has 3 nitrogen and oxygen atoms in total. The second-order valence-corrected chi connectivity index (χ2v) is 6.77. The van der Waals surface area contributed by atoms with Crippen LogP contribution in [0.25, 0.3) is 10.1 Å². The normalized spacial score (nSPS) is 12.3. The van der Waals surface area contributed by atoms with Gasteiger partial charge in [0.2, 0.25) is 0 Å². The Morgan fingerprint density at radius 3 is 2.74 bits per heavy atom. The summed E-state index contributed by atoms with van der Waals surface area (Å²) in [5.74, 6) is -0.304. The topological polar surface area (TPSA) is 49.3 Å². The molecule has 0 bridgehead atoms. The lowest BCUT2D eigenvalue weighted by Crippen LogP contribution is -2.28. The van der Waals surface area contributed by atoms with Crippen LogP contribution in [0.5, 0.6) is 0 Å². The molecule has 0 aliphatic carbocycles.